The second-order valence-electron chi connectivity index (χ2n) is 4.79. The Hall–Kier alpha value is -2.49. The molecule has 0 radical (unpaired) electrons. The van der Waals surface area contributed by atoms with Crippen LogP contribution in [0.2, 0.25) is 0 Å². The van der Waals surface area contributed by atoms with Crippen LogP contribution < -0.4 is 5.56 Å². The Balaban J connectivity index is 2.17. The molecule has 0 saturated carbocycles. The van der Waals surface area contributed by atoms with Gasteiger partial charge in [-0.1, -0.05) is 19.1 Å². The maximum absolute atomic E-state index is 11.6. The molecule has 2 aromatic heterocycles. The molecule has 3 rings (SSSR count). The fourth-order valence-corrected chi connectivity index (χ4v) is 2.21. The molecule has 0 aliphatic carbocycles. The van der Waals surface area contributed by atoms with Crippen molar-refractivity contribution >= 4 is 10.9 Å². The van der Waals surface area contributed by atoms with Crippen molar-refractivity contribution in [3.63, 3.8) is 0 Å². The number of nitrogens with one attached hydrogen (secondary N) is 1. The van der Waals surface area contributed by atoms with Gasteiger partial charge in [0.05, 0.1) is 11.2 Å². The highest BCUT2D eigenvalue weighted by atomic mass is 16.1. The number of H-pyrrole nitrogens is 1. The monoisotopic (exact) mass is 265 g/mol. The van der Waals surface area contributed by atoms with Gasteiger partial charge in [-0.15, -0.1) is 0 Å². The van der Waals surface area contributed by atoms with E-state index < -0.39 is 0 Å². The van der Waals surface area contributed by atoms with E-state index in [0.29, 0.717) is 17.9 Å². The van der Waals surface area contributed by atoms with Crippen LogP contribution in [0.15, 0.2) is 41.2 Å². The number of aryl methyl sites for hydroxylation is 2. The van der Waals surface area contributed by atoms with Crippen molar-refractivity contribution < 1.29 is 0 Å². The molecule has 1 aromatic carbocycles. The Kier molecular flexibility index (Phi) is 3.06. The van der Waals surface area contributed by atoms with Gasteiger partial charge in [0.1, 0.15) is 5.82 Å². The van der Waals surface area contributed by atoms with Crippen LogP contribution >= 0.6 is 0 Å². The van der Waals surface area contributed by atoms with Crippen molar-refractivity contribution in [2.24, 2.45) is 0 Å². The maximum atomic E-state index is 11.6. The first-order chi connectivity index (χ1) is 9.65. The predicted molar refractivity (Wildman–Crippen MR) is 79.7 cm³/mol. The molecule has 0 atom stereocenters. The highest BCUT2D eigenvalue weighted by molar-refractivity contribution is 5.83. The van der Waals surface area contributed by atoms with Crippen LogP contribution in [0.4, 0.5) is 0 Å². The minimum atomic E-state index is -0.117. The molecule has 0 amide bonds. The molecule has 0 saturated heterocycles. The summed E-state index contributed by atoms with van der Waals surface area (Å²) in [5.41, 5.74) is 3.47. The second kappa shape index (κ2) is 4.89. The number of fused-ring (bicyclic) bond motifs is 1. The molecule has 0 bridgehead atoms. The lowest BCUT2D eigenvalue weighted by Crippen LogP contribution is -2.10. The Morgan fingerprint density at radius 3 is 2.75 bits per heavy atom. The number of rotatable bonds is 2. The van der Waals surface area contributed by atoms with Crippen LogP contribution in [0.25, 0.3) is 22.2 Å². The van der Waals surface area contributed by atoms with Crippen molar-refractivity contribution in [1.82, 2.24) is 15.0 Å². The molecule has 0 fully saturated rings. The van der Waals surface area contributed by atoms with Gasteiger partial charge < -0.3 is 4.98 Å². The number of aromatic amines is 1. The van der Waals surface area contributed by atoms with Gasteiger partial charge in [-0.3, -0.25) is 9.78 Å². The van der Waals surface area contributed by atoms with Gasteiger partial charge in [0.2, 0.25) is 0 Å². The minimum absolute atomic E-state index is 0.117. The van der Waals surface area contributed by atoms with Crippen molar-refractivity contribution in [2.45, 2.75) is 20.3 Å². The summed E-state index contributed by atoms with van der Waals surface area (Å²) in [7, 11) is 0. The van der Waals surface area contributed by atoms with E-state index in [1.54, 1.807) is 0 Å². The van der Waals surface area contributed by atoms with Crippen LogP contribution in [0.1, 0.15) is 18.4 Å². The van der Waals surface area contributed by atoms with Gasteiger partial charge in [-0.05, 0) is 25.1 Å². The first-order valence-corrected chi connectivity index (χ1v) is 6.64. The summed E-state index contributed by atoms with van der Waals surface area (Å²) in [5.74, 6) is 0.703. The SMILES string of the molecule is CCc1nc(-c2ccc3nc(C)ccc3c2)cc(=O)[nH]1. The molecule has 3 aromatic rings. The van der Waals surface area contributed by atoms with E-state index in [0.717, 1.165) is 22.2 Å². The van der Waals surface area contributed by atoms with Crippen LogP contribution in [-0.2, 0) is 6.42 Å². The van der Waals surface area contributed by atoms with Crippen molar-refractivity contribution in [3.8, 4) is 11.3 Å². The lowest BCUT2D eigenvalue weighted by Gasteiger charge is -2.05. The quantitative estimate of drug-likeness (QED) is 0.775. The zero-order valence-corrected chi connectivity index (χ0v) is 11.5. The Labute approximate surface area is 116 Å². The molecule has 0 spiro atoms. The summed E-state index contributed by atoms with van der Waals surface area (Å²) < 4.78 is 0. The summed E-state index contributed by atoms with van der Waals surface area (Å²) in [4.78, 5) is 23.3. The third kappa shape index (κ3) is 2.32. The Bertz CT molecular complexity index is 836. The fourth-order valence-electron chi connectivity index (χ4n) is 2.21. The smallest absolute Gasteiger partial charge is 0.251 e. The zero-order chi connectivity index (χ0) is 14.1. The molecule has 2 heterocycles. The van der Waals surface area contributed by atoms with E-state index in [9.17, 15) is 4.79 Å². The van der Waals surface area contributed by atoms with Gasteiger partial charge in [0.25, 0.3) is 5.56 Å². The molecular weight excluding hydrogens is 250 g/mol. The summed E-state index contributed by atoms with van der Waals surface area (Å²) in [6.07, 6.45) is 0.706. The molecule has 4 heteroatoms. The van der Waals surface area contributed by atoms with Crippen LogP contribution in [0.3, 0.4) is 0 Å². The first kappa shape index (κ1) is 12.5. The van der Waals surface area contributed by atoms with E-state index in [4.69, 9.17) is 0 Å². The van der Waals surface area contributed by atoms with Crippen molar-refractivity contribution in [1.29, 1.82) is 0 Å². The second-order valence-corrected chi connectivity index (χ2v) is 4.79. The van der Waals surface area contributed by atoms with Gasteiger partial charge in [-0.2, -0.15) is 0 Å². The van der Waals surface area contributed by atoms with Crippen LogP contribution in [0, 0.1) is 6.92 Å². The third-order valence-corrected chi connectivity index (χ3v) is 3.25. The highest BCUT2D eigenvalue weighted by Crippen LogP contribution is 2.21. The normalized spacial score (nSPS) is 10.9. The van der Waals surface area contributed by atoms with E-state index in [1.807, 2.05) is 44.2 Å². The molecule has 0 aliphatic heterocycles. The van der Waals surface area contributed by atoms with E-state index in [2.05, 4.69) is 15.0 Å². The number of hydrogen-bond acceptors (Lipinski definition) is 3. The van der Waals surface area contributed by atoms with Crippen molar-refractivity contribution in [3.05, 3.63) is 58.3 Å². The van der Waals surface area contributed by atoms with Crippen LogP contribution in [0.5, 0.6) is 0 Å². The summed E-state index contributed by atoms with van der Waals surface area (Å²) in [6, 6.07) is 11.5. The number of nitrogens with zero attached hydrogens (tertiary/aromatic N) is 2. The molecule has 20 heavy (non-hydrogen) atoms. The summed E-state index contributed by atoms with van der Waals surface area (Å²) >= 11 is 0. The summed E-state index contributed by atoms with van der Waals surface area (Å²) in [6.45, 7) is 3.94. The fraction of sp³-hybridized carbons (Fsp3) is 0.188. The van der Waals surface area contributed by atoms with Gasteiger partial charge in [-0.25, -0.2) is 4.98 Å². The maximum Gasteiger partial charge on any atom is 0.251 e. The number of hydrogen-bond donors (Lipinski definition) is 1. The van der Waals surface area contributed by atoms with E-state index in [-0.39, 0.29) is 5.56 Å². The molecule has 4 nitrogen and oxygen atoms in total. The predicted octanol–water partition coefficient (Wildman–Crippen LogP) is 2.86. The standard InChI is InChI=1S/C16H15N3O/c1-3-15-18-14(9-16(20)19-15)12-6-7-13-11(8-12)5-4-10(2)17-13/h4-9H,3H2,1-2H3,(H,18,19,20). The number of benzene rings is 1. The largest absolute Gasteiger partial charge is 0.311 e. The number of aromatic nitrogens is 3. The zero-order valence-electron chi connectivity index (χ0n) is 11.5. The average molecular weight is 265 g/mol. The summed E-state index contributed by atoms with van der Waals surface area (Å²) in [5, 5.41) is 1.05. The van der Waals surface area contributed by atoms with Gasteiger partial charge >= 0.3 is 0 Å². The molecule has 100 valence electrons. The van der Waals surface area contributed by atoms with E-state index >= 15 is 0 Å². The molecule has 0 unspecified atom stereocenters. The first-order valence-electron chi connectivity index (χ1n) is 6.64. The molecule has 1 N–H and O–H groups in total. The molecular formula is C16H15N3O. The molecule has 0 aliphatic rings. The van der Waals surface area contributed by atoms with E-state index in [1.165, 1.54) is 6.07 Å². The highest BCUT2D eigenvalue weighted by Gasteiger charge is 2.05. The lowest BCUT2D eigenvalue weighted by molar-refractivity contribution is 0.924. The van der Waals surface area contributed by atoms with Gasteiger partial charge in [0, 0.05) is 29.1 Å². The topological polar surface area (TPSA) is 58.6 Å². The minimum Gasteiger partial charge on any atom is -0.311 e. The van der Waals surface area contributed by atoms with Crippen molar-refractivity contribution in [2.75, 3.05) is 0 Å². The number of pyridine rings is 1. The Morgan fingerprint density at radius 2 is 1.95 bits per heavy atom. The average Bonchev–Trinajstić information content (AvgIpc) is 2.46. The van der Waals surface area contributed by atoms with Gasteiger partial charge in [0.15, 0.2) is 0 Å². The third-order valence-electron chi connectivity index (χ3n) is 3.25. The van der Waals surface area contributed by atoms with Crippen LogP contribution in [-0.4, -0.2) is 15.0 Å². The Morgan fingerprint density at radius 1 is 1.10 bits per heavy atom. The lowest BCUT2D eigenvalue weighted by atomic mass is 10.1.